The normalized spacial score (nSPS) is 44.6. The van der Waals surface area contributed by atoms with E-state index in [1.165, 1.54) is 12.8 Å². The van der Waals surface area contributed by atoms with Gasteiger partial charge in [-0.2, -0.15) is 0 Å². The fraction of sp³-hybridized carbons (Fsp3) is 0.750. The van der Waals surface area contributed by atoms with E-state index in [2.05, 4.69) is 0 Å². The molecular formula is C12H16O2. The van der Waals surface area contributed by atoms with Crippen LogP contribution in [0.2, 0.25) is 0 Å². The molecular weight excluding hydrogens is 176 g/mol. The Morgan fingerprint density at radius 2 is 2.29 bits per heavy atom. The fourth-order valence-electron chi connectivity index (χ4n) is 3.84. The summed E-state index contributed by atoms with van der Waals surface area (Å²) in [6, 6.07) is 0. The zero-order valence-electron chi connectivity index (χ0n) is 8.53. The van der Waals surface area contributed by atoms with Crippen molar-refractivity contribution < 1.29 is 9.53 Å². The third-order valence-corrected chi connectivity index (χ3v) is 4.34. The summed E-state index contributed by atoms with van der Waals surface area (Å²) in [5.74, 6) is 1.71. The van der Waals surface area contributed by atoms with Crippen LogP contribution in [0.15, 0.2) is 11.1 Å². The van der Waals surface area contributed by atoms with Gasteiger partial charge in [0, 0.05) is 13.0 Å². The Balaban J connectivity index is 1.94. The SMILES string of the molecule is COC1C2=C3CC(C=O)CC3C1CC2. The monoisotopic (exact) mass is 192 g/mol. The van der Waals surface area contributed by atoms with Crippen molar-refractivity contribution in [2.24, 2.45) is 17.8 Å². The summed E-state index contributed by atoms with van der Waals surface area (Å²) in [4.78, 5) is 10.8. The maximum Gasteiger partial charge on any atom is 0.123 e. The van der Waals surface area contributed by atoms with Crippen LogP contribution in [0.1, 0.15) is 25.7 Å². The van der Waals surface area contributed by atoms with Crippen molar-refractivity contribution in [2.75, 3.05) is 7.11 Å². The van der Waals surface area contributed by atoms with E-state index in [1.807, 2.05) is 7.11 Å². The molecule has 0 amide bonds. The standard InChI is InChI=1S/C12H16O2/c1-14-12-8-2-3-9(12)11-5-7(6-13)4-10(8)11/h6-8,10,12H,2-5H2,1H3. The van der Waals surface area contributed by atoms with Crippen LogP contribution in [0, 0.1) is 17.8 Å². The van der Waals surface area contributed by atoms with E-state index in [4.69, 9.17) is 4.74 Å². The first kappa shape index (κ1) is 8.66. The van der Waals surface area contributed by atoms with Gasteiger partial charge in [-0.25, -0.2) is 0 Å². The molecule has 4 atom stereocenters. The third kappa shape index (κ3) is 0.924. The summed E-state index contributed by atoms with van der Waals surface area (Å²) in [7, 11) is 1.82. The highest BCUT2D eigenvalue weighted by atomic mass is 16.5. The van der Waals surface area contributed by atoms with Crippen molar-refractivity contribution in [3.05, 3.63) is 11.1 Å². The first-order chi connectivity index (χ1) is 6.85. The van der Waals surface area contributed by atoms with Gasteiger partial charge in [0.05, 0.1) is 6.10 Å². The number of rotatable bonds is 2. The molecule has 4 unspecified atom stereocenters. The Hall–Kier alpha value is -0.630. The quantitative estimate of drug-likeness (QED) is 0.493. The number of aldehydes is 1. The first-order valence-corrected chi connectivity index (χ1v) is 5.55. The summed E-state index contributed by atoms with van der Waals surface area (Å²) < 4.78 is 5.56. The Morgan fingerprint density at radius 1 is 1.43 bits per heavy atom. The van der Waals surface area contributed by atoms with Crippen molar-refractivity contribution in [3.8, 4) is 0 Å². The molecule has 0 spiro atoms. The highest BCUT2D eigenvalue weighted by Crippen LogP contribution is 2.56. The molecule has 3 aliphatic carbocycles. The van der Waals surface area contributed by atoms with Crippen LogP contribution < -0.4 is 0 Å². The number of carbonyl (C=O) groups excluding carboxylic acids is 1. The zero-order chi connectivity index (χ0) is 9.71. The molecule has 0 heterocycles. The van der Waals surface area contributed by atoms with E-state index < -0.39 is 0 Å². The van der Waals surface area contributed by atoms with Gasteiger partial charge in [0.25, 0.3) is 0 Å². The van der Waals surface area contributed by atoms with Crippen molar-refractivity contribution in [3.63, 3.8) is 0 Å². The lowest BCUT2D eigenvalue weighted by Gasteiger charge is -2.19. The maximum atomic E-state index is 10.8. The lowest BCUT2D eigenvalue weighted by atomic mass is 9.88. The van der Waals surface area contributed by atoms with Gasteiger partial charge in [0.15, 0.2) is 0 Å². The van der Waals surface area contributed by atoms with Crippen LogP contribution >= 0.6 is 0 Å². The molecule has 3 rings (SSSR count). The lowest BCUT2D eigenvalue weighted by Crippen LogP contribution is -2.19. The van der Waals surface area contributed by atoms with Gasteiger partial charge in [-0.05, 0) is 43.1 Å². The van der Waals surface area contributed by atoms with E-state index in [0.717, 1.165) is 19.1 Å². The highest BCUT2D eigenvalue weighted by Gasteiger charge is 2.50. The fourth-order valence-corrected chi connectivity index (χ4v) is 3.84. The third-order valence-electron chi connectivity index (χ3n) is 4.34. The molecule has 76 valence electrons. The van der Waals surface area contributed by atoms with E-state index in [1.54, 1.807) is 11.1 Å². The van der Waals surface area contributed by atoms with E-state index >= 15 is 0 Å². The van der Waals surface area contributed by atoms with Crippen molar-refractivity contribution in [1.29, 1.82) is 0 Å². The minimum atomic E-state index is 0.309. The predicted molar refractivity (Wildman–Crippen MR) is 52.8 cm³/mol. The predicted octanol–water partition coefficient (Wildman–Crippen LogP) is 1.95. The number of allylic oxidation sites excluding steroid dienone is 1. The molecule has 2 bridgehead atoms. The molecule has 2 heteroatoms. The van der Waals surface area contributed by atoms with E-state index in [0.29, 0.717) is 23.9 Å². The summed E-state index contributed by atoms with van der Waals surface area (Å²) in [6.07, 6.45) is 6.18. The van der Waals surface area contributed by atoms with Crippen LogP contribution in [0.3, 0.4) is 0 Å². The van der Waals surface area contributed by atoms with Gasteiger partial charge in [-0.1, -0.05) is 5.57 Å². The second kappa shape index (κ2) is 2.93. The summed E-state index contributed by atoms with van der Waals surface area (Å²) in [5.41, 5.74) is 3.14. The van der Waals surface area contributed by atoms with Gasteiger partial charge in [-0.3, -0.25) is 0 Å². The largest absolute Gasteiger partial charge is 0.377 e. The average Bonchev–Trinajstić information content (AvgIpc) is 2.86. The van der Waals surface area contributed by atoms with Crippen molar-refractivity contribution >= 4 is 6.29 Å². The molecule has 0 aliphatic heterocycles. The minimum Gasteiger partial charge on any atom is -0.377 e. The molecule has 0 aromatic carbocycles. The number of ether oxygens (including phenoxy) is 1. The zero-order valence-corrected chi connectivity index (χ0v) is 8.53. The Morgan fingerprint density at radius 3 is 2.93 bits per heavy atom. The van der Waals surface area contributed by atoms with Gasteiger partial charge in [0.1, 0.15) is 6.29 Å². The summed E-state index contributed by atoms with van der Waals surface area (Å²) in [6.45, 7) is 0. The second-order valence-electron chi connectivity index (χ2n) is 4.85. The molecule has 0 aromatic rings. The molecule has 0 saturated heterocycles. The molecule has 0 radical (unpaired) electrons. The molecule has 2 nitrogen and oxygen atoms in total. The van der Waals surface area contributed by atoms with Crippen LogP contribution in [0.4, 0.5) is 0 Å². The summed E-state index contributed by atoms with van der Waals surface area (Å²) >= 11 is 0. The molecule has 2 saturated carbocycles. The molecule has 14 heavy (non-hydrogen) atoms. The lowest BCUT2D eigenvalue weighted by molar-refractivity contribution is -0.111. The Labute approximate surface area is 84.3 Å². The topological polar surface area (TPSA) is 26.3 Å². The van der Waals surface area contributed by atoms with Crippen molar-refractivity contribution in [1.82, 2.24) is 0 Å². The molecule has 0 N–H and O–H groups in total. The van der Waals surface area contributed by atoms with Gasteiger partial charge in [0.2, 0.25) is 0 Å². The number of methoxy groups -OCH3 is 1. The molecule has 3 aliphatic rings. The summed E-state index contributed by atoms with van der Waals surface area (Å²) in [5, 5.41) is 0. The highest BCUT2D eigenvalue weighted by molar-refractivity contribution is 5.57. The first-order valence-electron chi connectivity index (χ1n) is 5.55. The molecule has 0 aromatic heterocycles. The number of hydrogen-bond donors (Lipinski definition) is 0. The minimum absolute atomic E-state index is 0.309. The van der Waals surface area contributed by atoms with E-state index in [9.17, 15) is 4.79 Å². The Kier molecular flexibility index (Phi) is 1.81. The Bertz CT molecular complexity index is 305. The van der Waals surface area contributed by atoms with Gasteiger partial charge in [-0.15, -0.1) is 0 Å². The van der Waals surface area contributed by atoms with Crippen LogP contribution in [0.5, 0.6) is 0 Å². The number of carbonyl (C=O) groups is 1. The van der Waals surface area contributed by atoms with Crippen LogP contribution in [0.25, 0.3) is 0 Å². The van der Waals surface area contributed by atoms with Crippen LogP contribution in [-0.4, -0.2) is 19.5 Å². The van der Waals surface area contributed by atoms with Crippen LogP contribution in [-0.2, 0) is 9.53 Å². The van der Waals surface area contributed by atoms with Gasteiger partial charge >= 0.3 is 0 Å². The number of hydrogen-bond acceptors (Lipinski definition) is 2. The maximum absolute atomic E-state index is 10.8. The second-order valence-corrected chi connectivity index (χ2v) is 4.85. The number of fused-ring (bicyclic) bond motifs is 4. The van der Waals surface area contributed by atoms with Crippen molar-refractivity contribution in [2.45, 2.75) is 31.8 Å². The van der Waals surface area contributed by atoms with E-state index in [-0.39, 0.29) is 0 Å². The van der Waals surface area contributed by atoms with Gasteiger partial charge < -0.3 is 9.53 Å². The molecule has 2 fully saturated rings. The average molecular weight is 192 g/mol. The smallest absolute Gasteiger partial charge is 0.123 e.